The van der Waals surface area contributed by atoms with Gasteiger partial charge in [-0.2, -0.15) is 0 Å². The fourth-order valence-corrected chi connectivity index (χ4v) is 3.66. The van der Waals surface area contributed by atoms with Crippen LogP contribution in [0.2, 0.25) is 5.02 Å². The minimum absolute atomic E-state index is 0.288. The first kappa shape index (κ1) is 18.7. The topological polar surface area (TPSA) is 55.1 Å². The highest BCUT2D eigenvalue weighted by Gasteiger charge is 2.14. The number of amides is 1. The maximum atomic E-state index is 12.6. The van der Waals surface area contributed by atoms with Crippen LogP contribution in [0.5, 0.6) is 0 Å². The van der Waals surface area contributed by atoms with Crippen molar-refractivity contribution >= 4 is 50.2 Å². The first-order valence-electron chi connectivity index (χ1n) is 8.65. The third-order valence-corrected chi connectivity index (χ3v) is 5.11. The fourth-order valence-electron chi connectivity index (χ4n) is 3.10. The quantitative estimate of drug-likeness (QED) is 0.370. The lowest BCUT2D eigenvalue weighted by molar-refractivity contribution is 0.102. The van der Waals surface area contributed by atoms with E-state index in [1.165, 1.54) is 0 Å². The predicted molar refractivity (Wildman–Crippen MR) is 116 cm³/mol. The molecule has 4 nitrogen and oxygen atoms in total. The Bertz CT molecular complexity index is 1200. The Morgan fingerprint density at radius 3 is 2.54 bits per heavy atom. The lowest BCUT2D eigenvalue weighted by Gasteiger charge is -2.07. The summed E-state index contributed by atoms with van der Waals surface area (Å²) in [7, 11) is 0. The van der Waals surface area contributed by atoms with E-state index in [-0.39, 0.29) is 5.91 Å². The number of hydrogen-bond donors (Lipinski definition) is 1. The largest absolute Gasteiger partial charge is 0.436 e. The van der Waals surface area contributed by atoms with Gasteiger partial charge in [0.15, 0.2) is 5.58 Å². The lowest BCUT2D eigenvalue weighted by Crippen LogP contribution is -2.12. The van der Waals surface area contributed by atoms with Gasteiger partial charge in [0.25, 0.3) is 5.91 Å². The predicted octanol–water partition coefficient (Wildman–Crippen LogP) is 6.78. The Morgan fingerprint density at radius 1 is 1.04 bits per heavy atom. The van der Waals surface area contributed by atoms with Crippen molar-refractivity contribution in [3.8, 4) is 11.5 Å². The monoisotopic (exact) mass is 454 g/mol. The van der Waals surface area contributed by atoms with Crippen LogP contribution in [0.15, 0.2) is 63.5 Å². The number of hydrogen-bond acceptors (Lipinski definition) is 3. The number of fused-ring (bicyclic) bond motifs is 1. The van der Waals surface area contributed by atoms with Crippen LogP contribution in [0.25, 0.3) is 22.6 Å². The summed E-state index contributed by atoms with van der Waals surface area (Å²) in [5.41, 5.74) is 5.58. The molecule has 1 heterocycles. The molecule has 4 rings (SSSR count). The highest BCUT2D eigenvalue weighted by molar-refractivity contribution is 9.10. The van der Waals surface area contributed by atoms with Crippen LogP contribution < -0.4 is 5.32 Å². The molecule has 3 aromatic carbocycles. The van der Waals surface area contributed by atoms with Gasteiger partial charge in [-0.25, -0.2) is 4.98 Å². The Balaban J connectivity index is 1.65. The average molecular weight is 456 g/mol. The molecule has 0 unspecified atom stereocenters. The number of carbonyl (C=O) groups is 1. The first-order valence-corrected chi connectivity index (χ1v) is 9.82. The maximum Gasteiger partial charge on any atom is 0.257 e. The standard InChI is InChI=1S/C22H16BrClN2O2/c1-12-7-13(2)9-14(8-12)22-26-19-11-16(4-6-20(19)28-22)25-21(27)17-10-15(23)3-5-18(17)24/h3-11H,1-2H3,(H,25,27). The van der Waals surface area contributed by atoms with Crippen LogP contribution >= 0.6 is 27.5 Å². The highest BCUT2D eigenvalue weighted by atomic mass is 79.9. The van der Waals surface area contributed by atoms with E-state index in [1.807, 2.05) is 26.0 Å². The summed E-state index contributed by atoms with van der Waals surface area (Å²) in [6.07, 6.45) is 0. The number of benzene rings is 3. The normalized spacial score (nSPS) is 11.0. The molecule has 0 aliphatic carbocycles. The van der Waals surface area contributed by atoms with E-state index in [1.54, 1.807) is 36.4 Å². The van der Waals surface area contributed by atoms with E-state index in [4.69, 9.17) is 16.0 Å². The molecule has 1 amide bonds. The van der Waals surface area contributed by atoms with Crippen molar-refractivity contribution in [3.63, 3.8) is 0 Å². The summed E-state index contributed by atoms with van der Waals surface area (Å²) in [4.78, 5) is 17.2. The average Bonchev–Trinajstić information content (AvgIpc) is 3.06. The SMILES string of the molecule is Cc1cc(C)cc(-c2nc3cc(NC(=O)c4cc(Br)ccc4Cl)ccc3o2)c1. The van der Waals surface area contributed by atoms with Crippen LogP contribution in [-0.2, 0) is 0 Å². The molecule has 4 aromatic rings. The number of carbonyl (C=O) groups excluding carboxylic acids is 1. The summed E-state index contributed by atoms with van der Waals surface area (Å²) in [6, 6.07) is 16.7. The van der Waals surface area contributed by atoms with Crippen molar-refractivity contribution in [3.05, 3.63) is 80.8 Å². The summed E-state index contributed by atoms with van der Waals surface area (Å²) in [5.74, 6) is 0.268. The number of oxazole rings is 1. The number of anilines is 1. The Morgan fingerprint density at radius 2 is 1.79 bits per heavy atom. The number of aromatic nitrogens is 1. The molecule has 0 radical (unpaired) electrons. The Labute approximate surface area is 175 Å². The number of halogens is 2. The molecule has 0 spiro atoms. The van der Waals surface area contributed by atoms with Gasteiger partial charge in [-0.05, 0) is 62.4 Å². The van der Waals surface area contributed by atoms with Gasteiger partial charge in [0, 0.05) is 15.7 Å². The molecule has 1 N–H and O–H groups in total. The van der Waals surface area contributed by atoms with Gasteiger partial charge < -0.3 is 9.73 Å². The minimum Gasteiger partial charge on any atom is -0.436 e. The van der Waals surface area contributed by atoms with Crippen LogP contribution in [0.4, 0.5) is 5.69 Å². The molecular formula is C22H16BrClN2O2. The molecule has 28 heavy (non-hydrogen) atoms. The molecule has 0 saturated carbocycles. The number of nitrogens with zero attached hydrogens (tertiary/aromatic N) is 1. The summed E-state index contributed by atoms with van der Waals surface area (Å²) in [5, 5.41) is 3.25. The van der Waals surface area contributed by atoms with Gasteiger partial charge in [-0.3, -0.25) is 4.79 Å². The number of aryl methyl sites for hydroxylation is 2. The van der Waals surface area contributed by atoms with Crippen molar-refractivity contribution in [1.29, 1.82) is 0 Å². The van der Waals surface area contributed by atoms with Crippen molar-refractivity contribution in [1.82, 2.24) is 4.98 Å². The van der Waals surface area contributed by atoms with E-state index in [9.17, 15) is 4.79 Å². The van der Waals surface area contributed by atoms with Gasteiger partial charge in [0.05, 0.1) is 10.6 Å². The Hall–Kier alpha value is -2.63. The van der Waals surface area contributed by atoms with Gasteiger partial charge >= 0.3 is 0 Å². The van der Waals surface area contributed by atoms with Crippen molar-refractivity contribution < 1.29 is 9.21 Å². The molecule has 0 aliphatic rings. The summed E-state index contributed by atoms with van der Waals surface area (Å²) in [6.45, 7) is 4.08. The summed E-state index contributed by atoms with van der Waals surface area (Å²) < 4.78 is 6.68. The lowest BCUT2D eigenvalue weighted by atomic mass is 10.1. The second-order valence-electron chi connectivity index (χ2n) is 6.66. The zero-order chi connectivity index (χ0) is 19.8. The van der Waals surface area contributed by atoms with Crippen molar-refractivity contribution in [2.24, 2.45) is 0 Å². The van der Waals surface area contributed by atoms with E-state index in [0.29, 0.717) is 33.3 Å². The highest BCUT2D eigenvalue weighted by Crippen LogP contribution is 2.28. The minimum atomic E-state index is -0.288. The molecule has 0 aliphatic heterocycles. The number of nitrogens with one attached hydrogen (secondary N) is 1. The van der Waals surface area contributed by atoms with E-state index in [0.717, 1.165) is 21.2 Å². The van der Waals surface area contributed by atoms with E-state index < -0.39 is 0 Å². The van der Waals surface area contributed by atoms with Crippen LogP contribution in [0.3, 0.4) is 0 Å². The van der Waals surface area contributed by atoms with Gasteiger partial charge in [0.2, 0.25) is 5.89 Å². The van der Waals surface area contributed by atoms with Crippen molar-refractivity contribution in [2.45, 2.75) is 13.8 Å². The van der Waals surface area contributed by atoms with Gasteiger partial charge in [-0.15, -0.1) is 0 Å². The smallest absolute Gasteiger partial charge is 0.257 e. The number of rotatable bonds is 3. The molecule has 0 saturated heterocycles. The maximum absolute atomic E-state index is 12.6. The molecule has 6 heteroatoms. The van der Waals surface area contributed by atoms with Gasteiger partial charge in [-0.1, -0.05) is 44.7 Å². The second-order valence-corrected chi connectivity index (χ2v) is 7.98. The van der Waals surface area contributed by atoms with Gasteiger partial charge in [0.1, 0.15) is 5.52 Å². The molecule has 0 bridgehead atoms. The third-order valence-electron chi connectivity index (χ3n) is 4.29. The summed E-state index contributed by atoms with van der Waals surface area (Å²) >= 11 is 9.50. The van der Waals surface area contributed by atoms with E-state index in [2.05, 4.69) is 32.3 Å². The Kier molecular flexibility index (Phi) is 4.96. The van der Waals surface area contributed by atoms with Crippen molar-refractivity contribution in [2.75, 3.05) is 5.32 Å². The molecule has 1 aromatic heterocycles. The van der Waals surface area contributed by atoms with E-state index >= 15 is 0 Å². The molecule has 0 fully saturated rings. The fraction of sp³-hybridized carbons (Fsp3) is 0.0909. The van der Waals surface area contributed by atoms with Crippen LogP contribution in [0, 0.1) is 13.8 Å². The zero-order valence-electron chi connectivity index (χ0n) is 15.2. The molecular weight excluding hydrogens is 440 g/mol. The molecule has 0 atom stereocenters. The van der Waals surface area contributed by atoms with Crippen LogP contribution in [-0.4, -0.2) is 10.9 Å². The third kappa shape index (κ3) is 3.81. The van der Waals surface area contributed by atoms with Crippen LogP contribution in [0.1, 0.15) is 21.5 Å². The zero-order valence-corrected chi connectivity index (χ0v) is 17.6. The molecule has 140 valence electrons. The second kappa shape index (κ2) is 7.41. The first-order chi connectivity index (χ1) is 13.4.